The van der Waals surface area contributed by atoms with Gasteiger partial charge in [-0.05, 0) is 25.5 Å². The number of nitrogens with zero attached hydrogens (tertiary/aromatic N) is 7. The molecule has 0 unspecified atom stereocenters. The molecule has 0 atom stereocenters. The van der Waals surface area contributed by atoms with E-state index in [2.05, 4.69) is 24.9 Å². The Labute approximate surface area is 189 Å². The van der Waals surface area contributed by atoms with E-state index in [0.29, 0.717) is 18.7 Å². The van der Waals surface area contributed by atoms with Crippen LogP contribution in [0.5, 0.6) is 0 Å². The highest BCUT2D eigenvalue weighted by Gasteiger charge is 2.18. The van der Waals surface area contributed by atoms with Crippen LogP contribution >= 0.6 is 0 Å². The van der Waals surface area contributed by atoms with E-state index in [0.717, 1.165) is 56.1 Å². The third kappa shape index (κ3) is 8.65. The van der Waals surface area contributed by atoms with Gasteiger partial charge < -0.3 is 15.1 Å². The molecular formula is C20H27N7O6. The fraction of sp³-hybridized carbons (Fsp3) is 0.450. The van der Waals surface area contributed by atoms with Gasteiger partial charge in [-0.1, -0.05) is 0 Å². The van der Waals surface area contributed by atoms with Gasteiger partial charge in [0.05, 0.1) is 0 Å². The third-order valence-corrected chi connectivity index (χ3v) is 4.82. The maximum atomic E-state index is 11.9. The second-order valence-electron chi connectivity index (χ2n) is 7.14. The van der Waals surface area contributed by atoms with Crippen molar-refractivity contribution in [2.24, 2.45) is 7.05 Å². The monoisotopic (exact) mass is 461 g/mol. The molecular weight excluding hydrogens is 434 g/mol. The van der Waals surface area contributed by atoms with Gasteiger partial charge in [0.15, 0.2) is 0 Å². The van der Waals surface area contributed by atoms with Gasteiger partial charge in [-0.25, -0.2) is 29.0 Å². The van der Waals surface area contributed by atoms with Crippen LogP contribution in [0.1, 0.15) is 12.8 Å². The summed E-state index contributed by atoms with van der Waals surface area (Å²) in [5, 5.41) is 19.5. The van der Waals surface area contributed by atoms with E-state index in [-0.39, 0.29) is 11.2 Å². The van der Waals surface area contributed by atoms with E-state index in [9.17, 15) is 19.2 Å². The molecule has 1 saturated heterocycles. The lowest BCUT2D eigenvalue weighted by Gasteiger charge is -2.34. The van der Waals surface area contributed by atoms with Crippen LogP contribution in [0.4, 0.5) is 5.95 Å². The molecule has 33 heavy (non-hydrogen) atoms. The molecule has 2 N–H and O–H groups in total. The third-order valence-electron chi connectivity index (χ3n) is 4.82. The molecule has 0 saturated carbocycles. The summed E-state index contributed by atoms with van der Waals surface area (Å²) in [6.45, 7) is 5.33. The zero-order valence-electron chi connectivity index (χ0n) is 18.3. The van der Waals surface area contributed by atoms with Crippen molar-refractivity contribution in [3.05, 3.63) is 57.6 Å². The molecule has 13 heteroatoms. The molecule has 0 bridgehead atoms. The fourth-order valence-electron chi connectivity index (χ4n) is 3.04. The summed E-state index contributed by atoms with van der Waals surface area (Å²) in [4.78, 5) is 55.5. The number of aliphatic carboxylic acids is 2. The van der Waals surface area contributed by atoms with Crippen LogP contribution in [0.2, 0.25) is 0 Å². The predicted molar refractivity (Wildman–Crippen MR) is 118 cm³/mol. The summed E-state index contributed by atoms with van der Waals surface area (Å²) >= 11 is 0. The number of rotatable bonds is 8. The summed E-state index contributed by atoms with van der Waals surface area (Å²) in [6.07, 6.45) is 7.68. The van der Waals surface area contributed by atoms with Crippen molar-refractivity contribution in [3.8, 4) is 0 Å². The van der Waals surface area contributed by atoms with E-state index in [1.54, 1.807) is 12.4 Å². The Kier molecular flexibility index (Phi) is 9.89. The van der Waals surface area contributed by atoms with Crippen molar-refractivity contribution < 1.29 is 19.8 Å². The number of aryl methyl sites for hydroxylation is 1. The van der Waals surface area contributed by atoms with Crippen molar-refractivity contribution in [2.75, 3.05) is 37.6 Å². The molecule has 2 aromatic heterocycles. The minimum Gasteiger partial charge on any atom is -0.478 e. The van der Waals surface area contributed by atoms with Crippen molar-refractivity contribution in [2.45, 2.75) is 19.4 Å². The second-order valence-corrected chi connectivity index (χ2v) is 7.14. The Morgan fingerprint density at radius 1 is 0.970 bits per heavy atom. The first-order valence-electron chi connectivity index (χ1n) is 10.3. The minimum absolute atomic E-state index is 0.357. The maximum absolute atomic E-state index is 11.9. The van der Waals surface area contributed by atoms with Crippen molar-refractivity contribution in [3.63, 3.8) is 0 Å². The number of hydrogen-bond donors (Lipinski definition) is 2. The molecule has 1 fully saturated rings. The Morgan fingerprint density at radius 2 is 1.55 bits per heavy atom. The van der Waals surface area contributed by atoms with Gasteiger partial charge in [-0.2, -0.15) is 5.10 Å². The smallest absolute Gasteiger partial charge is 0.347 e. The lowest BCUT2D eigenvalue weighted by Crippen LogP contribution is -2.47. The normalized spacial score (nSPS) is 14.0. The average molecular weight is 461 g/mol. The number of carboxylic acids is 2. The number of carbonyl (C=O) groups is 2. The van der Waals surface area contributed by atoms with Gasteiger partial charge in [0.1, 0.15) is 6.20 Å². The van der Waals surface area contributed by atoms with E-state index < -0.39 is 11.9 Å². The molecule has 3 heterocycles. The zero-order valence-corrected chi connectivity index (χ0v) is 18.3. The summed E-state index contributed by atoms with van der Waals surface area (Å²) in [6, 6.07) is 1.82. The van der Waals surface area contributed by atoms with Crippen LogP contribution < -0.4 is 16.1 Å². The molecule has 178 valence electrons. The van der Waals surface area contributed by atoms with E-state index >= 15 is 0 Å². The van der Waals surface area contributed by atoms with E-state index in [1.165, 1.54) is 17.9 Å². The standard InChI is InChI=1S/C16H23N7O2.C4H4O4/c1-20-14(24)13-19-23(16(20)25)8-3-2-7-21-9-11-22(12-10-21)15-17-5-4-6-18-15;5-3(6)1-2-4(7)8/h4-6,13H,2-3,7-12H2,1H3;1-2H,(H,5,6)(H,7,8)/b;2-1+. The molecule has 0 aliphatic carbocycles. The van der Waals surface area contributed by atoms with Gasteiger partial charge in [0.2, 0.25) is 5.95 Å². The largest absolute Gasteiger partial charge is 0.478 e. The summed E-state index contributed by atoms with van der Waals surface area (Å²) < 4.78 is 2.43. The molecule has 3 rings (SSSR count). The van der Waals surface area contributed by atoms with Crippen LogP contribution in [-0.2, 0) is 23.2 Å². The lowest BCUT2D eigenvalue weighted by atomic mass is 10.2. The highest BCUT2D eigenvalue weighted by molar-refractivity contribution is 5.89. The topological polar surface area (TPSA) is 164 Å². The van der Waals surface area contributed by atoms with Gasteiger partial charge in [-0.3, -0.25) is 14.3 Å². The highest BCUT2D eigenvalue weighted by Crippen LogP contribution is 2.10. The van der Waals surface area contributed by atoms with Crippen molar-refractivity contribution in [1.82, 2.24) is 29.2 Å². The molecule has 0 radical (unpaired) electrons. The van der Waals surface area contributed by atoms with Crippen LogP contribution in [-0.4, -0.2) is 84.1 Å². The van der Waals surface area contributed by atoms with E-state index in [4.69, 9.17) is 10.2 Å². The number of piperazine rings is 1. The zero-order chi connectivity index (χ0) is 24.2. The molecule has 2 aromatic rings. The minimum atomic E-state index is -1.26. The summed E-state index contributed by atoms with van der Waals surface area (Å²) in [5.41, 5.74) is -0.731. The summed E-state index contributed by atoms with van der Waals surface area (Å²) in [7, 11) is 1.47. The number of carboxylic acid groups (broad SMARTS) is 2. The first kappa shape index (κ1) is 25.4. The number of unbranched alkanes of at least 4 members (excludes halogenated alkanes) is 1. The van der Waals surface area contributed by atoms with Gasteiger partial charge in [0, 0.05) is 64.3 Å². The van der Waals surface area contributed by atoms with Crippen LogP contribution in [0.25, 0.3) is 0 Å². The molecule has 0 aromatic carbocycles. The van der Waals surface area contributed by atoms with Crippen molar-refractivity contribution >= 4 is 17.9 Å². The van der Waals surface area contributed by atoms with Crippen molar-refractivity contribution in [1.29, 1.82) is 0 Å². The van der Waals surface area contributed by atoms with Crippen LogP contribution in [0.3, 0.4) is 0 Å². The molecule has 1 aliphatic heterocycles. The first-order chi connectivity index (χ1) is 15.8. The average Bonchev–Trinajstić information content (AvgIpc) is 2.81. The number of hydrogen-bond acceptors (Lipinski definition) is 9. The van der Waals surface area contributed by atoms with Gasteiger partial charge in [-0.15, -0.1) is 0 Å². The van der Waals surface area contributed by atoms with E-state index in [1.807, 2.05) is 6.07 Å². The predicted octanol–water partition coefficient (Wildman–Crippen LogP) is -0.954. The highest BCUT2D eigenvalue weighted by atomic mass is 16.4. The number of anilines is 1. The molecule has 13 nitrogen and oxygen atoms in total. The Bertz CT molecular complexity index is 1040. The Hall–Kier alpha value is -3.87. The van der Waals surface area contributed by atoms with Crippen LogP contribution in [0.15, 0.2) is 46.4 Å². The quantitative estimate of drug-likeness (QED) is 0.368. The molecule has 0 amide bonds. The first-order valence-corrected chi connectivity index (χ1v) is 10.3. The fourth-order valence-corrected chi connectivity index (χ4v) is 3.04. The lowest BCUT2D eigenvalue weighted by molar-refractivity contribution is -0.134. The molecule has 0 spiro atoms. The summed E-state index contributed by atoms with van der Waals surface area (Å²) in [5.74, 6) is -1.72. The Morgan fingerprint density at radius 3 is 2.12 bits per heavy atom. The number of aromatic nitrogens is 5. The van der Waals surface area contributed by atoms with Gasteiger partial charge in [0.25, 0.3) is 5.56 Å². The van der Waals surface area contributed by atoms with Crippen LogP contribution in [0, 0.1) is 0 Å². The Balaban J connectivity index is 0.000000414. The van der Waals surface area contributed by atoms with Gasteiger partial charge >= 0.3 is 17.6 Å². The maximum Gasteiger partial charge on any atom is 0.347 e. The molecule has 1 aliphatic rings. The SMILES string of the molecule is Cn1c(=O)cnn(CCCCN2CCN(c3ncccn3)CC2)c1=O.O=C(O)/C=C/C(=O)O. The second kappa shape index (κ2) is 12.9.